The molecule has 5 nitrogen and oxygen atoms in total. The van der Waals surface area contributed by atoms with Crippen LogP contribution in [0.4, 0.5) is 0 Å². The average molecular weight is 791 g/mol. The molecule has 13 rings (SSSR count). The fourth-order valence-electron chi connectivity index (χ4n) is 9.44. The molecule has 3 heterocycles. The van der Waals surface area contributed by atoms with Crippen molar-refractivity contribution in [2.24, 2.45) is 0 Å². The zero-order chi connectivity index (χ0) is 40.7. The largest absolute Gasteiger partial charge is 0.455 e. The maximum Gasteiger partial charge on any atom is 0.167 e. The van der Waals surface area contributed by atoms with Gasteiger partial charge in [-0.15, -0.1) is 0 Å². The van der Waals surface area contributed by atoms with E-state index in [-0.39, 0.29) is 0 Å². The van der Waals surface area contributed by atoms with E-state index in [1.807, 2.05) is 18.2 Å². The van der Waals surface area contributed by atoms with Crippen molar-refractivity contribution in [2.75, 3.05) is 0 Å². The Morgan fingerprint density at radius 2 is 0.935 bits per heavy atom. The molecule has 0 radical (unpaired) electrons. The lowest BCUT2D eigenvalue weighted by Crippen LogP contribution is -2.01. The normalized spacial score (nSPS) is 11.9. The molecule has 0 N–H and O–H groups in total. The maximum absolute atomic E-state index is 6.91. The molecule has 0 aliphatic heterocycles. The summed E-state index contributed by atoms with van der Waals surface area (Å²) in [6.07, 6.45) is 0. The van der Waals surface area contributed by atoms with E-state index in [2.05, 4.69) is 193 Å². The van der Waals surface area contributed by atoms with Gasteiger partial charge in [-0.1, -0.05) is 164 Å². The topological polar surface area (TPSA) is 56.7 Å². The predicted molar refractivity (Wildman–Crippen MR) is 256 cm³/mol. The Morgan fingerprint density at radius 1 is 0.339 bits per heavy atom. The van der Waals surface area contributed by atoms with Crippen molar-refractivity contribution in [1.82, 2.24) is 19.5 Å². The molecule has 0 spiro atoms. The number of para-hydroxylation sites is 2. The van der Waals surface area contributed by atoms with Gasteiger partial charge in [0.05, 0.1) is 27.7 Å². The maximum atomic E-state index is 6.91. The van der Waals surface area contributed by atoms with E-state index >= 15 is 0 Å². The smallest absolute Gasteiger partial charge is 0.167 e. The Morgan fingerprint density at radius 3 is 1.77 bits per heavy atom. The minimum atomic E-state index is 0.541. The molecular weight excluding hydrogens is 757 g/mol. The number of hydrogen-bond donors (Lipinski definition) is 0. The molecule has 288 valence electrons. The first-order chi connectivity index (χ1) is 30.7. The van der Waals surface area contributed by atoms with Gasteiger partial charge < -0.3 is 8.98 Å². The lowest BCUT2D eigenvalue weighted by molar-refractivity contribution is 0.669. The van der Waals surface area contributed by atoms with Gasteiger partial charge in [0.1, 0.15) is 11.2 Å². The number of furan rings is 1. The van der Waals surface area contributed by atoms with Crippen molar-refractivity contribution in [3.8, 4) is 51.0 Å². The summed E-state index contributed by atoms with van der Waals surface area (Å²) < 4.78 is 9.30. The van der Waals surface area contributed by atoms with Crippen LogP contribution < -0.4 is 0 Å². The van der Waals surface area contributed by atoms with Gasteiger partial charge in [0.2, 0.25) is 0 Å². The second-order valence-corrected chi connectivity index (χ2v) is 16.0. The molecule has 62 heavy (non-hydrogen) atoms. The number of nitrogens with zero attached hydrogens (tertiary/aromatic N) is 4. The molecular formula is C57H34N4O. The highest BCUT2D eigenvalue weighted by molar-refractivity contribution is 6.18. The number of benzene rings is 10. The highest BCUT2D eigenvalue weighted by atomic mass is 16.3. The van der Waals surface area contributed by atoms with Crippen LogP contribution in [0.2, 0.25) is 0 Å². The van der Waals surface area contributed by atoms with Crippen molar-refractivity contribution in [3.05, 3.63) is 206 Å². The lowest BCUT2D eigenvalue weighted by atomic mass is 10.00. The Hall–Kier alpha value is -8.41. The van der Waals surface area contributed by atoms with Crippen molar-refractivity contribution in [2.45, 2.75) is 0 Å². The van der Waals surface area contributed by atoms with E-state index < -0.39 is 0 Å². The van der Waals surface area contributed by atoms with Gasteiger partial charge in [-0.3, -0.25) is 0 Å². The summed E-state index contributed by atoms with van der Waals surface area (Å²) in [6, 6.07) is 72.8. The van der Waals surface area contributed by atoms with Gasteiger partial charge in [0, 0.05) is 27.3 Å². The Labute approximate surface area is 355 Å². The number of fused-ring (bicyclic) bond motifs is 10. The minimum Gasteiger partial charge on any atom is -0.455 e. The standard InChI is InChI=1S/C57H34N4O/c1-2-12-35(13-3-1)36-22-25-38(26-23-36)55-58-56(42-28-29-44-41(32-42)27-24-37-14-6-7-17-43(37)44)60-57(59-55)47-30-31-50(53-46-19-9-11-21-52(46)62-54(47)53)61-49-20-10-8-18-45(49)48-33-39-15-4-5-16-40(39)34-51(48)61/h1-34H. The van der Waals surface area contributed by atoms with Crippen molar-refractivity contribution < 1.29 is 4.42 Å². The first-order valence-electron chi connectivity index (χ1n) is 20.9. The zero-order valence-electron chi connectivity index (χ0n) is 33.3. The molecule has 0 aliphatic carbocycles. The average Bonchev–Trinajstić information content (AvgIpc) is 3.89. The summed E-state index contributed by atoms with van der Waals surface area (Å²) in [5.41, 5.74) is 9.71. The van der Waals surface area contributed by atoms with Crippen LogP contribution in [0.15, 0.2) is 211 Å². The summed E-state index contributed by atoms with van der Waals surface area (Å²) in [5, 5.41) is 11.6. The molecule has 0 bridgehead atoms. The van der Waals surface area contributed by atoms with Crippen LogP contribution in [0, 0.1) is 0 Å². The molecule has 0 aliphatic rings. The first-order valence-corrected chi connectivity index (χ1v) is 20.9. The molecule has 10 aromatic carbocycles. The van der Waals surface area contributed by atoms with E-state index in [1.54, 1.807) is 0 Å². The highest BCUT2D eigenvalue weighted by Gasteiger charge is 2.23. The van der Waals surface area contributed by atoms with Crippen LogP contribution >= 0.6 is 0 Å². The number of hydrogen-bond acceptors (Lipinski definition) is 4. The highest BCUT2D eigenvalue weighted by Crippen LogP contribution is 2.43. The summed E-state index contributed by atoms with van der Waals surface area (Å²) in [6.45, 7) is 0. The molecule has 0 unspecified atom stereocenters. The third kappa shape index (κ3) is 5.38. The van der Waals surface area contributed by atoms with Crippen LogP contribution in [-0.2, 0) is 0 Å². The van der Waals surface area contributed by atoms with Gasteiger partial charge in [-0.25, -0.2) is 15.0 Å². The van der Waals surface area contributed by atoms with E-state index in [1.165, 1.54) is 37.7 Å². The second-order valence-electron chi connectivity index (χ2n) is 16.0. The van der Waals surface area contributed by atoms with Gasteiger partial charge >= 0.3 is 0 Å². The van der Waals surface area contributed by atoms with Gasteiger partial charge in [0.15, 0.2) is 17.5 Å². The molecule has 13 aromatic rings. The predicted octanol–water partition coefficient (Wildman–Crippen LogP) is 15.0. The van der Waals surface area contributed by atoms with Gasteiger partial charge in [-0.05, 0) is 85.9 Å². The van der Waals surface area contributed by atoms with Crippen molar-refractivity contribution in [1.29, 1.82) is 0 Å². The summed E-state index contributed by atoms with van der Waals surface area (Å²) >= 11 is 0. The van der Waals surface area contributed by atoms with Crippen LogP contribution in [-0.4, -0.2) is 19.5 Å². The summed E-state index contributed by atoms with van der Waals surface area (Å²) in [7, 11) is 0. The van der Waals surface area contributed by atoms with E-state index in [4.69, 9.17) is 19.4 Å². The molecule has 0 saturated carbocycles. The van der Waals surface area contributed by atoms with Crippen LogP contribution in [0.1, 0.15) is 0 Å². The fraction of sp³-hybridized carbons (Fsp3) is 0. The van der Waals surface area contributed by atoms with Crippen LogP contribution in [0.5, 0.6) is 0 Å². The number of aromatic nitrogens is 4. The van der Waals surface area contributed by atoms with Crippen LogP contribution in [0.25, 0.3) is 127 Å². The monoisotopic (exact) mass is 790 g/mol. The first kappa shape index (κ1) is 34.5. The Balaban J connectivity index is 1.05. The Bertz CT molecular complexity index is 3920. The number of rotatable bonds is 5. The lowest BCUT2D eigenvalue weighted by Gasteiger charge is -2.13. The van der Waals surface area contributed by atoms with Crippen LogP contribution in [0.3, 0.4) is 0 Å². The third-order valence-corrected chi connectivity index (χ3v) is 12.4. The van der Waals surface area contributed by atoms with E-state index in [9.17, 15) is 0 Å². The molecule has 0 amide bonds. The summed E-state index contributed by atoms with van der Waals surface area (Å²) in [5.74, 6) is 1.72. The molecule has 0 fully saturated rings. The van der Waals surface area contributed by atoms with Gasteiger partial charge in [0.25, 0.3) is 0 Å². The second kappa shape index (κ2) is 13.6. The molecule has 0 atom stereocenters. The van der Waals surface area contributed by atoms with Gasteiger partial charge in [-0.2, -0.15) is 0 Å². The quantitative estimate of drug-likeness (QED) is 0.163. The fourth-order valence-corrected chi connectivity index (χ4v) is 9.44. The third-order valence-electron chi connectivity index (χ3n) is 12.4. The molecule has 0 saturated heterocycles. The molecule has 3 aromatic heterocycles. The van der Waals surface area contributed by atoms with Crippen molar-refractivity contribution in [3.63, 3.8) is 0 Å². The van der Waals surface area contributed by atoms with E-state index in [0.717, 1.165) is 71.9 Å². The SMILES string of the molecule is c1ccc(-c2ccc(-c3nc(-c4ccc5c(ccc6ccccc65)c4)nc(-c4ccc(-n5c6ccccc6c6cc7ccccc7cc65)c5c4oc4ccccc45)n3)cc2)cc1. The molecule has 5 heteroatoms. The minimum absolute atomic E-state index is 0.541. The van der Waals surface area contributed by atoms with Crippen molar-refractivity contribution >= 4 is 76.1 Å². The van der Waals surface area contributed by atoms with E-state index in [0.29, 0.717) is 17.5 Å². The zero-order valence-corrected chi connectivity index (χ0v) is 33.3. The summed E-state index contributed by atoms with van der Waals surface area (Å²) in [4.78, 5) is 15.7. The Kier molecular flexibility index (Phi) is 7.54.